The number of carbonyl (C=O) groups is 2. The van der Waals surface area contributed by atoms with Crippen LogP contribution in [0.2, 0.25) is 0 Å². The minimum absolute atomic E-state index is 0.169. The van der Waals surface area contributed by atoms with Crippen LogP contribution in [0, 0.1) is 11.8 Å². The van der Waals surface area contributed by atoms with Gasteiger partial charge in [0, 0.05) is 12.1 Å². The normalized spacial score (nSPS) is 23.9. The summed E-state index contributed by atoms with van der Waals surface area (Å²) in [7, 11) is 0. The molecule has 6 nitrogen and oxygen atoms in total. The van der Waals surface area contributed by atoms with Crippen LogP contribution in [0.25, 0.3) is 0 Å². The second-order valence-corrected chi connectivity index (χ2v) is 10.6. The Morgan fingerprint density at radius 3 is 1.83 bits per heavy atom. The lowest BCUT2D eigenvalue weighted by Crippen LogP contribution is -2.54. The highest BCUT2D eigenvalue weighted by Crippen LogP contribution is 2.63. The Bertz CT molecular complexity index is 1630. The molecule has 4 aromatic carbocycles. The lowest BCUT2D eigenvalue weighted by molar-refractivity contribution is -0.122. The number of anilines is 1. The van der Waals surface area contributed by atoms with Crippen LogP contribution < -0.4 is 14.4 Å². The Kier molecular flexibility index (Phi) is 6.00. The van der Waals surface area contributed by atoms with Gasteiger partial charge in [0.2, 0.25) is 11.8 Å². The summed E-state index contributed by atoms with van der Waals surface area (Å²) < 4.78 is 11.2. The first-order valence-electron chi connectivity index (χ1n) is 14.2. The van der Waals surface area contributed by atoms with Crippen molar-refractivity contribution in [3.63, 3.8) is 0 Å². The van der Waals surface area contributed by atoms with E-state index in [2.05, 4.69) is 24.3 Å². The minimum Gasteiger partial charge on any atom is -0.494 e. The molecule has 6 heteroatoms. The van der Waals surface area contributed by atoms with Gasteiger partial charge in [-0.3, -0.25) is 14.6 Å². The first kappa shape index (κ1) is 25.3. The van der Waals surface area contributed by atoms with Gasteiger partial charge in [0.15, 0.2) is 0 Å². The van der Waals surface area contributed by atoms with Crippen molar-refractivity contribution in [1.29, 1.82) is 0 Å². The average molecular weight is 543 g/mol. The lowest BCUT2D eigenvalue weighted by atomic mass is 9.47. The first-order chi connectivity index (χ1) is 20.1. The third-order valence-electron chi connectivity index (χ3n) is 8.65. The van der Waals surface area contributed by atoms with E-state index in [4.69, 9.17) is 14.5 Å². The largest absolute Gasteiger partial charge is 0.494 e. The summed E-state index contributed by atoms with van der Waals surface area (Å²) in [5, 5.41) is 0. The first-order valence-corrected chi connectivity index (χ1v) is 14.2. The van der Waals surface area contributed by atoms with Crippen LogP contribution in [0.15, 0.2) is 102 Å². The number of benzene rings is 4. The molecule has 41 heavy (non-hydrogen) atoms. The molecule has 0 spiro atoms. The zero-order valence-corrected chi connectivity index (χ0v) is 23.0. The molecule has 0 unspecified atom stereocenters. The Labute approximate surface area is 239 Å². The van der Waals surface area contributed by atoms with E-state index in [0.717, 1.165) is 33.7 Å². The van der Waals surface area contributed by atoms with Gasteiger partial charge in [-0.2, -0.15) is 0 Å². The van der Waals surface area contributed by atoms with Crippen molar-refractivity contribution in [2.45, 2.75) is 25.2 Å². The van der Waals surface area contributed by atoms with E-state index < -0.39 is 17.3 Å². The topological polar surface area (TPSA) is 68.2 Å². The molecule has 2 bridgehead atoms. The summed E-state index contributed by atoms with van der Waals surface area (Å²) in [5.74, 6) is -0.258. The quantitative estimate of drug-likeness (QED) is 0.199. The van der Waals surface area contributed by atoms with Crippen LogP contribution in [0.3, 0.4) is 0 Å². The fraction of sp³-hybridized carbons (Fsp3) is 0.229. The molecule has 0 aromatic heterocycles. The van der Waals surface area contributed by atoms with Gasteiger partial charge in [-0.15, -0.1) is 0 Å². The van der Waals surface area contributed by atoms with E-state index in [1.165, 1.54) is 4.90 Å². The van der Waals surface area contributed by atoms with Gasteiger partial charge < -0.3 is 9.47 Å². The third-order valence-corrected chi connectivity index (χ3v) is 8.65. The molecule has 0 saturated carbocycles. The molecule has 1 fully saturated rings. The van der Waals surface area contributed by atoms with Gasteiger partial charge in [-0.25, -0.2) is 4.90 Å². The molecule has 2 amide bonds. The van der Waals surface area contributed by atoms with Crippen molar-refractivity contribution >= 4 is 29.4 Å². The number of imide groups is 1. The zero-order valence-electron chi connectivity index (χ0n) is 23.0. The second kappa shape index (κ2) is 9.73. The summed E-state index contributed by atoms with van der Waals surface area (Å²) in [4.78, 5) is 35.2. The highest BCUT2D eigenvalue weighted by molar-refractivity contribution is 6.25. The van der Waals surface area contributed by atoms with Crippen molar-refractivity contribution in [3.8, 4) is 11.5 Å². The predicted molar refractivity (Wildman–Crippen MR) is 158 cm³/mol. The van der Waals surface area contributed by atoms with Crippen LogP contribution >= 0.6 is 0 Å². The van der Waals surface area contributed by atoms with E-state index in [1.54, 1.807) is 12.1 Å². The van der Waals surface area contributed by atoms with Gasteiger partial charge in [-0.1, -0.05) is 48.5 Å². The van der Waals surface area contributed by atoms with Crippen LogP contribution in [-0.4, -0.2) is 31.2 Å². The molecule has 0 N–H and O–H groups in total. The predicted octanol–water partition coefficient (Wildman–Crippen LogP) is 6.44. The Hall–Kier alpha value is -4.71. The van der Waals surface area contributed by atoms with Crippen LogP contribution in [-0.2, 0) is 15.0 Å². The fourth-order valence-electron chi connectivity index (χ4n) is 7.13. The number of nitrogens with zero attached hydrogens (tertiary/aromatic N) is 2. The maximum atomic E-state index is 14.5. The Morgan fingerprint density at radius 1 is 0.732 bits per heavy atom. The number of ether oxygens (including phenoxy) is 2. The van der Waals surface area contributed by atoms with Crippen molar-refractivity contribution in [2.24, 2.45) is 16.8 Å². The van der Waals surface area contributed by atoms with Gasteiger partial charge >= 0.3 is 0 Å². The third kappa shape index (κ3) is 3.67. The monoisotopic (exact) mass is 542 g/mol. The maximum Gasteiger partial charge on any atom is 0.239 e. The zero-order chi connectivity index (χ0) is 28.1. The van der Waals surface area contributed by atoms with Crippen LogP contribution in [0.4, 0.5) is 11.4 Å². The standard InChI is InChI=1S/C35H30N2O4/c1-3-40-24-17-13-22(14-18-24)36-21-35-28-11-7-5-9-26(28)30(27-10-6-8-12-29(27)35)31-32(35)34(39)37(33(31)38)23-15-19-25(20-16-23)41-4-2/h5-21,30-32H,3-4H2,1-2H3/t30?,31-,32-,35?/m0/s1. The minimum atomic E-state index is -0.905. The molecule has 204 valence electrons. The van der Waals surface area contributed by atoms with Gasteiger partial charge in [0.1, 0.15) is 11.5 Å². The molecule has 0 radical (unpaired) electrons. The Balaban J connectivity index is 1.41. The van der Waals surface area contributed by atoms with E-state index in [9.17, 15) is 9.59 Å². The number of amides is 2. The molecule has 8 rings (SSSR count). The van der Waals surface area contributed by atoms with Gasteiger partial charge in [0.25, 0.3) is 0 Å². The highest BCUT2D eigenvalue weighted by Gasteiger charge is 2.67. The summed E-state index contributed by atoms with van der Waals surface area (Å²) >= 11 is 0. The molecular formula is C35H30N2O4. The highest BCUT2D eigenvalue weighted by atomic mass is 16.5. The molecular weight excluding hydrogens is 512 g/mol. The van der Waals surface area contributed by atoms with Crippen molar-refractivity contribution in [3.05, 3.63) is 119 Å². The number of rotatable bonds is 7. The van der Waals surface area contributed by atoms with Crippen LogP contribution in [0.5, 0.6) is 11.5 Å². The molecule has 1 aliphatic heterocycles. The lowest BCUT2D eigenvalue weighted by Gasteiger charge is -2.52. The SMILES string of the molecule is CCOc1ccc(N=CC23c4ccccc4C(c4ccccc42)[C@@H]2C(=O)N(c4ccc(OCC)cc4)C(=O)[C@H]23)cc1. The van der Waals surface area contributed by atoms with Crippen molar-refractivity contribution < 1.29 is 19.1 Å². The Morgan fingerprint density at radius 2 is 1.27 bits per heavy atom. The second-order valence-electron chi connectivity index (χ2n) is 10.6. The van der Waals surface area contributed by atoms with Crippen LogP contribution in [0.1, 0.15) is 42.0 Å². The van der Waals surface area contributed by atoms with E-state index in [1.807, 2.05) is 80.7 Å². The van der Waals surface area contributed by atoms with E-state index in [-0.39, 0.29) is 17.7 Å². The smallest absolute Gasteiger partial charge is 0.239 e. The number of carbonyl (C=O) groups excluding carboxylic acids is 2. The number of hydrogen-bond donors (Lipinski definition) is 0. The van der Waals surface area contributed by atoms with Gasteiger partial charge in [-0.05, 0) is 84.6 Å². The molecule has 1 heterocycles. The van der Waals surface area contributed by atoms with E-state index in [0.29, 0.717) is 24.7 Å². The number of hydrogen-bond acceptors (Lipinski definition) is 5. The van der Waals surface area contributed by atoms with E-state index >= 15 is 0 Å². The summed E-state index contributed by atoms with van der Waals surface area (Å²) in [6, 6.07) is 31.3. The average Bonchev–Trinajstić information content (AvgIpc) is 3.28. The van der Waals surface area contributed by atoms with Crippen molar-refractivity contribution in [1.82, 2.24) is 0 Å². The molecule has 2 atom stereocenters. The fourth-order valence-corrected chi connectivity index (χ4v) is 7.13. The molecule has 4 aliphatic rings. The molecule has 3 aliphatic carbocycles. The number of aliphatic imine (C=N–C) groups is 1. The van der Waals surface area contributed by atoms with Crippen molar-refractivity contribution in [2.75, 3.05) is 18.1 Å². The van der Waals surface area contributed by atoms with Gasteiger partial charge in [0.05, 0.1) is 41.8 Å². The summed E-state index contributed by atoms with van der Waals surface area (Å²) in [6.45, 7) is 5.00. The molecule has 1 saturated heterocycles. The summed E-state index contributed by atoms with van der Waals surface area (Å²) in [6.07, 6.45) is 1.92. The maximum absolute atomic E-state index is 14.5. The summed E-state index contributed by atoms with van der Waals surface area (Å²) in [5.41, 5.74) is 4.65. The molecule has 4 aromatic rings.